The third kappa shape index (κ3) is 5.33. The first kappa shape index (κ1) is 24.8. The highest BCUT2D eigenvalue weighted by molar-refractivity contribution is 6.00. The summed E-state index contributed by atoms with van der Waals surface area (Å²) < 4.78 is 12.0. The predicted molar refractivity (Wildman–Crippen MR) is 135 cm³/mol. The summed E-state index contributed by atoms with van der Waals surface area (Å²) in [6, 6.07) is 24.0. The van der Waals surface area contributed by atoms with Crippen LogP contribution < -0.4 is 10.5 Å². The van der Waals surface area contributed by atoms with Crippen molar-refractivity contribution in [3.05, 3.63) is 112 Å². The molecule has 1 amide bonds. The van der Waals surface area contributed by atoms with Crippen LogP contribution in [0.4, 0.5) is 0 Å². The maximum atomic E-state index is 13.1. The van der Waals surface area contributed by atoms with E-state index in [1.54, 1.807) is 24.3 Å². The van der Waals surface area contributed by atoms with E-state index >= 15 is 0 Å². The van der Waals surface area contributed by atoms with E-state index in [1.165, 1.54) is 0 Å². The van der Waals surface area contributed by atoms with Crippen molar-refractivity contribution in [2.24, 2.45) is 15.8 Å². The van der Waals surface area contributed by atoms with Gasteiger partial charge in [0.15, 0.2) is 11.6 Å². The molecule has 1 heterocycles. The van der Waals surface area contributed by atoms with Crippen molar-refractivity contribution in [2.45, 2.75) is 31.0 Å². The molecular weight excluding hydrogens is 458 g/mol. The summed E-state index contributed by atoms with van der Waals surface area (Å²) in [6.07, 6.45) is -0.0548. The number of benzene rings is 3. The van der Waals surface area contributed by atoms with Gasteiger partial charge in [0.25, 0.3) is 0 Å². The lowest BCUT2D eigenvalue weighted by Gasteiger charge is -2.30. The minimum absolute atomic E-state index is 0.0574. The molecule has 9 nitrogen and oxygen atoms in total. The van der Waals surface area contributed by atoms with Gasteiger partial charge in [-0.25, -0.2) is 4.99 Å². The summed E-state index contributed by atoms with van der Waals surface area (Å²) >= 11 is 0. The number of nitrogens with zero attached hydrogens (tertiary/aromatic N) is 4. The third-order valence-electron chi connectivity index (χ3n) is 6.02. The standard InChI is InChI=1S/C27H27N5O4/c28-26(34)27(17-19-7-2-1-3-8-19)24(23-10-5-4-9-21(23)18-30-32-29)36-25(31-27)20-11-13-22(14-12-20)35-16-6-15-33/h1-5,7-14,24,33H,6,15-18H2,(H2,28,34)/t24-,27-/m0/s1. The predicted octanol–water partition coefficient (Wildman–Crippen LogP) is 4.24. The molecule has 4 rings (SSSR count). The number of carbonyl (C=O) groups is 1. The number of hydrogen-bond donors (Lipinski definition) is 2. The van der Waals surface area contributed by atoms with Crippen LogP contribution >= 0.6 is 0 Å². The minimum atomic E-state index is -1.42. The molecule has 0 saturated carbocycles. The van der Waals surface area contributed by atoms with Gasteiger partial charge in [-0.2, -0.15) is 0 Å². The Hall–Kier alpha value is -4.33. The summed E-state index contributed by atoms with van der Waals surface area (Å²) in [4.78, 5) is 20.8. The highest BCUT2D eigenvalue weighted by Gasteiger charge is 2.52. The van der Waals surface area contributed by atoms with Crippen LogP contribution in [0.25, 0.3) is 10.4 Å². The van der Waals surface area contributed by atoms with Crippen molar-refractivity contribution in [1.29, 1.82) is 0 Å². The number of primary amides is 1. The van der Waals surface area contributed by atoms with Crippen LogP contribution in [0.1, 0.15) is 34.8 Å². The van der Waals surface area contributed by atoms with Gasteiger partial charge in [-0.1, -0.05) is 59.7 Å². The van der Waals surface area contributed by atoms with Crippen molar-refractivity contribution in [2.75, 3.05) is 13.2 Å². The molecule has 1 aliphatic rings. The average molecular weight is 486 g/mol. The van der Waals surface area contributed by atoms with E-state index in [0.717, 1.165) is 11.1 Å². The first-order valence-corrected chi connectivity index (χ1v) is 11.6. The fourth-order valence-corrected chi connectivity index (χ4v) is 4.23. The van der Waals surface area contributed by atoms with Crippen molar-refractivity contribution < 1.29 is 19.4 Å². The molecule has 0 bridgehead atoms. The van der Waals surface area contributed by atoms with E-state index in [0.29, 0.717) is 29.9 Å². The summed E-state index contributed by atoms with van der Waals surface area (Å²) in [6.45, 7) is 0.559. The average Bonchev–Trinajstić information content (AvgIpc) is 3.29. The van der Waals surface area contributed by atoms with Gasteiger partial charge >= 0.3 is 0 Å². The lowest BCUT2D eigenvalue weighted by Crippen LogP contribution is -2.47. The van der Waals surface area contributed by atoms with Crippen molar-refractivity contribution in [3.8, 4) is 5.75 Å². The number of carbonyl (C=O) groups excluding carboxylic acids is 1. The summed E-state index contributed by atoms with van der Waals surface area (Å²) in [5, 5.41) is 12.7. The largest absolute Gasteiger partial charge is 0.494 e. The van der Waals surface area contributed by atoms with Crippen molar-refractivity contribution >= 4 is 11.8 Å². The summed E-state index contributed by atoms with van der Waals surface area (Å²) in [7, 11) is 0. The Morgan fingerprint density at radius 2 is 1.83 bits per heavy atom. The van der Waals surface area contributed by atoms with Gasteiger partial charge in [-0.15, -0.1) is 0 Å². The second-order valence-corrected chi connectivity index (χ2v) is 8.40. The number of amides is 1. The molecule has 36 heavy (non-hydrogen) atoms. The van der Waals surface area contributed by atoms with E-state index in [4.69, 9.17) is 30.8 Å². The molecule has 0 unspecified atom stereocenters. The molecule has 1 aliphatic heterocycles. The van der Waals surface area contributed by atoms with Crippen LogP contribution in [0.3, 0.4) is 0 Å². The Kier molecular flexibility index (Phi) is 7.85. The van der Waals surface area contributed by atoms with Crippen molar-refractivity contribution in [3.63, 3.8) is 0 Å². The Labute approximate surface area is 208 Å². The summed E-state index contributed by atoms with van der Waals surface area (Å²) in [5.41, 5.74) is 16.4. The van der Waals surface area contributed by atoms with Gasteiger partial charge in [-0.05, 0) is 46.5 Å². The van der Waals surface area contributed by atoms with E-state index < -0.39 is 17.6 Å². The van der Waals surface area contributed by atoms with E-state index in [9.17, 15) is 4.79 Å². The number of nitrogens with two attached hydrogens (primary N) is 1. The summed E-state index contributed by atoms with van der Waals surface area (Å²) in [5.74, 6) is 0.316. The number of aliphatic hydroxyl groups excluding tert-OH is 1. The van der Waals surface area contributed by atoms with Gasteiger partial charge in [0.1, 0.15) is 5.75 Å². The Morgan fingerprint density at radius 3 is 2.53 bits per heavy atom. The SMILES string of the molecule is [N-]=[N+]=NCc1ccccc1[C@@H]1OC(c2ccc(OCCCO)cc2)=N[C@]1(Cc1ccccc1)C(N)=O. The minimum Gasteiger partial charge on any atom is -0.494 e. The lowest BCUT2D eigenvalue weighted by atomic mass is 9.81. The lowest BCUT2D eigenvalue weighted by molar-refractivity contribution is -0.125. The number of aliphatic hydroxyl groups is 1. The molecular formula is C27H27N5O4. The molecule has 0 spiro atoms. The smallest absolute Gasteiger partial charge is 0.250 e. The zero-order valence-electron chi connectivity index (χ0n) is 19.7. The first-order chi connectivity index (χ1) is 17.6. The molecule has 184 valence electrons. The number of hydrogen-bond acceptors (Lipinski definition) is 6. The second-order valence-electron chi connectivity index (χ2n) is 8.40. The monoisotopic (exact) mass is 485 g/mol. The molecule has 0 aliphatic carbocycles. The van der Waals surface area contributed by atoms with Gasteiger partial charge in [-0.3, -0.25) is 4.79 Å². The molecule has 0 saturated heterocycles. The van der Waals surface area contributed by atoms with Crippen LogP contribution in [0.5, 0.6) is 5.75 Å². The van der Waals surface area contributed by atoms with Crippen LogP contribution in [-0.2, 0) is 22.5 Å². The number of ether oxygens (including phenoxy) is 2. The Bertz CT molecular complexity index is 1270. The van der Waals surface area contributed by atoms with E-state index in [1.807, 2.05) is 54.6 Å². The maximum Gasteiger partial charge on any atom is 0.250 e. The third-order valence-corrected chi connectivity index (χ3v) is 6.02. The number of rotatable bonds is 11. The van der Waals surface area contributed by atoms with Crippen molar-refractivity contribution in [1.82, 2.24) is 0 Å². The molecule has 3 aromatic rings. The molecule has 0 aromatic heterocycles. The van der Waals surface area contributed by atoms with E-state index in [-0.39, 0.29) is 25.5 Å². The highest BCUT2D eigenvalue weighted by Crippen LogP contribution is 2.43. The molecule has 0 fully saturated rings. The molecule has 2 atom stereocenters. The zero-order chi connectivity index (χ0) is 25.4. The van der Waals surface area contributed by atoms with Crippen LogP contribution in [0.2, 0.25) is 0 Å². The Morgan fingerprint density at radius 1 is 1.11 bits per heavy atom. The highest BCUT2D eigenvalue weighted by atomic mass is 16.5. The van der Waals surface area contributed by atoms with Crippen LogP contribution in [-0.4, -0.2) is 35.7 Å². The normalized spacial score (nSPS) is 18.6. The molecule has 3 N–H and O–H groups in total. The van der Waals surface area contributed by atoms with Crippen LogP contribution in [0, 0.1) is 0 Å². The number of aliphatic imine (C=N–C) groups is 1. The fourth-order valence-electron chi connectivity index (χ4n) is 4.23. The van der Waals surface area contributed by atoms with E-state index in [2.05, 4.69) is 10.0 Å². The molecule has 9 heteroatoms. The fraction of sp³-hybridized carbons (Fsp3) is 0.259. The quantitative estimate of drug-likeness (QED) is 0.181. The molecule has 0 radical (unpaired) electrons. The second kappa shape index (κ2) is 11.4. The Balaban J connectivity index is 1.76. The van der Waals surface area contributed by atoms with Gasteiger partial charge in [0, 0.05) is 29.9 Å². The number of azide groups is 1. The van der Waals surface area contributed by atoms with Crippen LogP contribution in [0.15, 0.2) is 89.0 Å². The van der Waals surface area contributed by atoms with Gasteiger partial charge < -0.3 is 20.3 Å². The topological polar surface area (TPSA) is 143 Å². The van der Waals surface area contributed by atoms with Gasteiger partial charge in [0.2, 0.25) is 11.8 Å². The van der Waals surface area contributed by atoms with Gasteiger partial charge in [0.05, 0.1) is 13.2 Å². The first-order valence-electron chi connectivity index (χ1n) is 11.6. The maximum absolute atomic E-state index is 13.1. The zero-order valence-corrected chi connectivity index (χ0v) is 19.7. The molecule has 3 aromatic carbocycles.